The van der Waals surface area contributed by atoms with Crippen molar-refractivity contribution in [1.82, 2.24) is 15.2 Å². The molecule has 1 atom stereocenters. The topological polar surface area (TPSA) is 118 Å². The molecule has 2 N–H and O–H groups in total. The standard InChI is InChI=1S/C19H23N3O6S/c1-13-6-3-4-10-22(13)29(25,26)17-12-14(8-9-15(17)27-2)18(23)20-21-19(24)16-7-5-11-28-16/h5,7-9,11-13H,3-4,6,10H2,1-2H3,(H,20,23)(H,21,24). The summed E-state index contributed by atoms with van der Waals surface area (Å²) in [4.78, 5) is 24.2. The van der Waals surface area contributed by atoms with Gasteiger partial charge in [-0.15, -0.1) is 0 Å². The lowest BCUT2D eigenvalue weighted by Gasteiger charge is -2.32. The summed E-state index contributed by atoms with van der Waals surface area (Å²) >= 11 is 0. The molecule has 3 rings (SSSR count). The number of amides is 2. The number of benzene rings is 1. The number of methoxy groups -OCH3 is 1. The fraction of sp³-hybridized carbons (Fsp3) is 0.368. The van der Waals surface area contributed by atoms with E-state index >= 15 is 0 Å². The molecule has 10 heteroatoms. The fourth-order valence-electron chi connectivity index (χ4n) is 3.23. The van der Waals surface area contributed by atoms with Crippen molar-refractivity contribution in [3.05, 3.63) is 47.9 Å². The van der Waals surface area contributed by atoms with Crippen LogP contribution in [0.3, 0.4) is 0 Å². The number of sulfonamides is 1. The van der Waals surface area contributed by atoms with Crippen LogP contribution in [0.25, 0.3) is 0 Å². The molecule has 0 radical (unpaired) electrons. The molecule has 156 valence electrons. The zero-order valence-corrected chi connectivity index (χ0v) is 17.0. The Morgan fingerprint density at radius 1 is 1.17 bits per heavy atom. The second-order valence-electron chi connectivity index (χ2n) is 6.71. The zero-order valence-electron chi connectivity index (χ0n) is 16.2. The first-order valence-electron chi connectivity index (χ1n) is 9.18. The van der Waals surface area contributed by atoms with Crippen LogP contribution in [-0.4, -0.2) is 44.2 Å². The van der Waals surface area contributed by atoms with Crippen LogP contribution in [0.4, 0.5) is 0 Å². The highest BCUT2D eigenvalue weighted by molar-refractivity contribution is 7.89. The van der Waals surface area contributed by atoms with Crippen LogP contribution in [0.1, 0.15) is 47.1 Å². The number of piperidine rings is 1. The monoisotopic (exact) mass is 421 g/mol. The van der Waals surface area contributed by atoms with Gasteiger partial charge in [0.1, 0.15) is 10.6 Å². The van der Waals surface area contributed by atoms with Gasteiger partial charge in [-0.3, -0.25) is 20.4 Å². The number of hydrogen-bond donors (Lipinski definition) is 2. The van der Waals surface area contributed by atoms with Crippen LogP contribution in [0.5, 0.6) is 5.75 Å². The van der Waals surface area contributed by atoms with Gasteiger partial charge < -0.3 is 9.15 Å². The number of carbonyl (C=O) groups excluding carboxylic acids is 2. The van der Waals surface area contributed by atoms with E-state index in [4.69, 9.17) is 9.15 Å². The Morgan fingerprint density at radius 3 is 2.59 bits per heavy atom. The summed E-state index contributed by atoms with van der Waals surface area (Å²) in [5.74, 6) is -1.12. The van der Waals surface area contributed by atoms with Gasteiger partial charge in [0.05, 0.1) is 13.4 Å². The van der Waals surface area contributed by atoms with E-state index in [9.17, 15) is 18.0 Å². The lowest BCUT2D eigenvalue weighted by Crippen LogP contribution is -2.42. The molecular formula is C19H23N3O6S. The van der Waals surface area contributed by atoms with Crippen molar-refractivity contribution in [2.24, 2.45) is 0 Å². The Labute approximate surface area is 169 Å². The first-order chi connectivity index (χ1) is 13.8. The molecule has 29 heavy (non-hydrogen) atoms. The van der Waals surface area contributed by atoms with Crippen molar-refractivity contribution in [3.8, 4) is 5.75 Å². The summed E-state index contributed by atoms with van der Waals surface area (Å²) in [5, 5.41) is 0. The maximum atomic E-state index is 13.2. The minimum absolute atomic E-state index is 0.0300. The van der Waals surface area contributed by atoms with Gasteiger partial charge in [0.25, 0.3) is 5.91 Å². The van der Waals surface area contributed by atoms with E-state index in [2.05, 4.69) is 10.9 Å². The van der Waals surface area contributed by atoms with Crippen molar-refractivity contribution < 1.29 is 27.2 Å². The number of carbonyl (C=O) groups is 2. The number of hydrogen-bond acceptors (Lipinski definition) is 6. The van der Waals surface area contributed by atoms with Crippen LogP contribution in [0, 0.1) is 0 Å². The first kappa shape index (κ1) is 20.9. The molecule has 1 aromatic carbocycles. The smallest absolute Gasteiger partial charge is 0.305 e. The number of ether oxygens (including phenoxy) is 1. The van der Waals surface area contributed by atoms with Crippen LogP contribution >= 0.6 is 0 Å². The van der Waals surface area contributed by atoms with Gasteiger partial charge in [-0.05, 0) is 50.1 Å². The number of nitrogens with one attached hydrogen (secondary N) is 2. The highest BCUT2D eigenvalue weighted by atomic mass is 32.2. The summed E-state index contributed by atoms with van der Waals surface area (Å²) in [6, 6.07) is 6.95. The Hall–Kier alpha value is -2.85. The largest absolute Gasteiger partial charge is 0.495 e. The third kappa shape index (κ3) is 4.43. The molecule has 9 nitrogen and oxygen atoms in total. The van der Waals surface area contributed by atoms with Gasteiger partial charge in [0, 0.05) is 18.2 Å². The van der Waals surface area contributed by atoms with E-state index < -0.39 is 21.8 Å². The van der Waals surface area contributed by atoms with Crippen LogP contribution in [-0.2, 0) is 10.0 Å². The minimum atomic E-state index is -3.85. The van der Waals surface area contributed by atoms with E-state index in [1.165, 1.54) is 41.9 Å². The summed E-state index contributed by atoms with van der Waals surface area (Å²) in [6.07, 6.45) is 3.87. The molecule has 0 saturated carbocycles. The molecule has 0 aliphatic carbocycles. The molecule has 1 aliphatic rings. The van der Waals surface area contributed by atoms with Crippen molar-refractivity contribution in [2.45, 2.75) is 37.1 Å². The maximum Gasteiger partial charge on any atom is 0.305 e. The summed E-state index contributed by atoms with van der Waals surface area (Å²) in [6.45, 7) is 2.28. The van der Waals surface area contributed by atoms with Gasteiger partial charge >= 0.3 is 5.91 Å². The third-order valence-electron chi connectivity index (χ3n) is 4.79. The molecule has 0 spiro atoms. The predicted molar refractivity (Wildman–Crippen MR) is 104 cm³/mol. The van der Waals surface area contributed by atoms with E-state index in [0.29, 0.717) is 6.54 Å². The Balaban J connectivity index is 1.82. The number of furan rings is 1. The summed E-state index contributed by atoms with van der Waals surface area (Å²) in [7, 11) is -2.48. The average Bonchev–Trinajstić information content (AvgIpc) is 3.26. The summed E-state index contributed by atoms with van der Waals surface area (Å²) in [5.41, 5.74) is 4.52. The van der Waals surface area contributed by atoms with E-state index in [0.717, 1.165) is 19.3 Å². The molecule has 2 aromatic rings. The number of rotatable bonds is 5. The second-order valence-corrected chi connectivity index (χ2v) is 8.57. The Kier molecular flexibility index (Phi) is 6.23. The number of nitrogens with zero attached hydrogens (tertiary/aromatic N) is 1. The molecule has 1 fully saturated rings. The van der Waals surface area contributed by atoms with Crippen LogP contribution in [0.2, 0.25) is 0 Å². The van der Waals surface area contributed by atoms with Gasteiger partial charge in [-0.25, -0.2) is 8.42 Å². The minimum Gasteiger partial charge on any atom is -0.495 e. The van der Waals surface area contributed by atoms with Crippen molar-refractivity contribution >= 4 is 21.8 Å². The summed E-state index contributed by atoms with van der Waals surface area (Å²) < 4.78 is 38.0. The third-order valence-corrected chi connectivity index (χ3v) is 6.82. The average molecular weight is 421 g/mol. The molecule has 1 saturated heterocycles. The van der Waals surface area contributed by atoms with Crippen molar-refractivity contribution in [3.63, 3.8) is 0 Å². The van der Waals surface area contributed by atoms with Gasteiger partial charge in [-0.1, -0.05) is 6.42 Å². The van der Waals surface area contributed by atoms with Crippen molar-refractivity contribution in [1.29, 1.82) is 0 Å². The second kappa shape index (κ2) is 8.66. The molecule has 1 aliphatic heterocycles. The normalized spacial score (nSPS) is 17.5. The SMILES string of the molecule is COc1ccc(C(=O)NNC(=O)c2ccco2)cc1S(=O)(=O)N1CCCCC1C. The molecule has 1 aromatic heterocycles. The van der Waals surface area contributed by atoms with Crippen molar-refractivity contribution in [2.75, 3.05) is 13.7 Å². The molecule has 2 amide bonds. The van der Waals surface area contributed by atoms with Crippen LogP contribution < -0.4 is 15.6 Å². The predicted octanol–water partition coefficient (Wildman–Crippen LogP) is 1.93. The van der Waals surface area contributed by atoms with E-state index in [1.54, 1.807) is 6.07 Å². The molecule has 1 unspecified atom stereocenters. The van der Waals surface area contributed by atoms with Gasteiger partial charge in [0.2, 0.25) is 10.0 Å². The highest BCUT2D eigenvalue weighted by Crippen LogP contribution is 2.31. The lowest BCUT2D eigenvalue weighted by atomic mass is 10.1. The molecule has 0 bridgehead atoms. The fourth-order valence-corrected chi connectivity index (χ4v) is 5.11. The van der Waals surface area contributed by atoms with Gasteiger partial charge in [0.15, 0.2) is 5.76 Å². The maximum absolute atomic E-state index is 13.2. The lowest BCUT2D eigenvalue weighted by molar-refractivity contribution is 0.0830. The van der Waals surface area contributed by atoms with Gasteiger partial charge in [-0.2, -0.15) is 4.31 Å². The number of hydrazine groups is 1. The molecular weight excluding hydrogens is 398 g/mol. The Morgan fingerprint density at radius 2 is 1.93 bits per heavy atom. The van der Waals surface area contributed by atoms with E-state index in [-0.39, 0.29) is 28.0 Å². The quantitative estimate of drug-likeness (QED) is 0.712. The Bertz CT molecular complexity index is 987. The first-order valence-corrected chi connectivity index (χ1v) is 10.6. The zero-order chi connectivity index (χ0) is 21.0. The highest BCUT2D eigenvalue weighted by Gasteiger charge is 2.33. The molecule has 2 heterocycles. The van der Waals surface area contributed by atoms with Crippen LogP contribution in [0.15, 0.2) is 45.9 Å². The van der Waals surface area contributed by atoms with E-state index in [1.807, 2.05) is 6.92 Å².